The van der Waals surface area contributed by atoms with Gasteiger partial charge in [0.15, 0.2) is 0 Å². The summed E-state index contributed by atoms with van der Waals surface area (Å²) in [6, 6.07) is 5.27. The van der Waals surface area contributed by atoms with Gasteiger partial charge in [-0.3, -0.25) is 4.79 Å². The average Bonchev–Trinajstić information content (AvgIpc) is 3.04. The Morgan fingerprint density at radius 3 is 2.48 bits per heavy atom. The fourth-order valence-corrected chi connectivity index (χ4v) is 4.84. The highest BCUT2D eigenvalue weighted by Crippen LogP contribution is 2.35. The lowest BCUT2D eigenvalue weighted by atomic mass is 9.86. The molecule has 2 N–H and O–H groups in total. The van der Waals surface area contributed by atoms with Crippen molar-refractivity contribution in [1.29, 1.82) is 0 Å². The van der Waals surface area contributed by atoms with Crippen molar-refractivity contribution >= 4 is 21.6 Å². The number of sulfonamides is 1. The van der Waals surface area contributed by atoms with Gasteiger partial charge < -0.3 is 5.32 Å². The summed E-state index contributed by atoms with van der Waals surface area (Å²) in [5, 5.41) is 5.67. The van der Waals surface area contributed by atoms with Crippen molar-refractivity contribution in [1.82, 2.24) is 4.72 Å². The summed E-state index contributed by atoms with van der Waals surface area (Å²) in [7, 11) is -3.28. The van der Waals surface area contributed by atoms with Crippen LogP contribution in [0.15, 0.2) is 23.4 Å². The van der Waals surface area contributed by atoms with E-state index in [0.717, 1.165) is 29.7 Å². The number of nitrogens with zero attached hydrogens (tertiary/aromatic N) is 1. The molecule has 1 saturated carbocycles. The Labute approximate surface area is 160 Å². The fourth-order valence-electron chi connectivity index (χ4n) is 3.87. The maximum Gasteiger partial charge on any atom is 0.227 e. The zero-order valence-corrected chi connectivity index (χ0v) is 16.6. The molecule has 2 aliphatic rings. The topological polar surface area (TPSA) is 105 Å². The van der Waals surface area contributed by atoms with Gasteiger partial charge in [-0.2, -0.15) is 4.91 Å². The van der Waals surface area contributed by atoms with E-state index in [2.05, 4.69) is 15.2 Å². The predicted molar refractivity (Wildman–Crippen MR) is 105 cm³/mol. The van der Waals surface area contributed by atoms with E-state index in [1.165, 1.54) is 0 Å². The third kappa shape index (κ3) is 4.55. The number of rotatable bonds is 6. The maximum absolute atomic E-state index is 12.6. The predicted octanol–water partition coefficient (Wildman–Crippen LogP) is 3.27. The summed E-state index contributed by atoms with van der Waals surface area (Å²) in [4.78, 5) is 23.4. The van der Waals surface area contributed by atoms with Crippen molar-refractivity contribution in [2.75, 3.05) is 5.32 Å². The molecule has 1 fully saturated rings. The van der Waals surface area contributed by atoms with Crippen LogP contribution in [0.1, 0.15) is 63.1 Å². The molecule has 1 unspecified atom stereocenters. The molecule has 0 aromatic heterocycles. The number of carbonyl (C=O) groups excluding carboxylic acids is 1. The Morgan fingerprint density at radius 1 is 1.15 bits per heavy atom. The molecule has 0 radical (unpaired) electrons. The number of amides is 1. The van der Waals surface area contributed by atoms with Crippen LogP contribution in [0, 0.1) is 10.8 Å². The lowest BCUT2D eigenvalue weighted by Crippen LogP contribution is -2.42. The minimum absolute atomic E-state index is 0.0248. The SMILES string of the molecule is CC(C)S(=O)(=O)NC1CCC(C(=O)Nc2ccc3c(c2)CCC3N=O)CC1. The largest absolute Gasteiger partial charge is 0.326 e. The van der Waals surface area contributed by atoms with E-state index in [4.69, 9.17) is 0 Å². The third-order valence-corrected chi connectivity index (χ3v) is 7.54. The van der Waals surface area contributed by atoms with Crippen LogP contribution in [-0.2, 0) is 21.2 Å². The van der Waals surface area contributed by atoms with Crippen LogP contribution in [0.2, 0.25) is 0 Å². The first-order valence-corrected chi connectivity index (χ1v) is 11.1. The quantitative estimate of drug-likeness (QED) is 0.724. The fraction of sp³-hybridized carbons (Fsp3) is 0.632. The maximum atomic E-state index is 12.6. The van der Waals surface area contributed by atoms with Crippen molar-refractivity contribution in [3.8, 4) is 0 Å². The van der Waals surface area contributed by atoms with Crippen LogP contribution in [0.3, 0.4) is 0 Å². The molecule has 8 heteroatoms. The molecule has 1 amide bonds. The van der Waals surface area contributed by atoms with E-state index in [0.29, 0.717) is 25.7 Å². The number of hydrogen-bond donors (Lipinski definition) is 2. The molecule has 2 aliphatic carbocycles. The van der Waals surface area contributed by atoms with Crippen molar-refractivity contribution in [3.05, 3.63) is 34.2 Å². The van der Waals surface area contributed by atoms with Gasteiger partial charge in [0, 0.05) is 17.6 Å². The highest BCUT2D eigenvalue weighted by Gasteiger charge is 2.30. The molecule has 0 heterocycles. The van der Waals surface area contributed by atoms with E-state index in [1.54, 1.807) is 13.8 Å². The van der Waals surface area contributed by atoms with Crippen LogP contribution >= 0.6 is 0 Å². The standard InChI is InChI=1S/C19H27N3O4S/c1-12(2)27(25,26)22-15-6-3-13(4-7-15)19(23)20-16-8-9-17-14(11-16)5-10-18(17)21-24/h8-9,11-13,15,18,22H,3-7,10H2,1-2H3,(H,20,23). The lowest BCUT2D eigenvalue weighted by Gasteiger charge is -2.28. The number of hydrogen-bond acceptors (Lipinski definition) is 5. The number of carbonyl (C=O) groups is 1. The van der Waals surface area contributed by atoms with Gasteiger partial charge in [0.1, 0.15) is 6.04 Å². The van der Waals surface area contributed by atoms with Crippen LogP contribution in [0.4, 0.5) is 5.69 Å². The molecule has 148 valence electrons. The van der Waals surface area contributed by atoms with Gasteiger partial charge in [-0.15, -0.1) is 0 Å². The Balaban J connectivity index is 1.54. The van der Waals surface area contributed by atoms with Crippen LogP contribution in [0.5, 0.6) is 0 Å². The number of anilines is 1. The Bertz CT molecular complexity index is 814. The van der Waals surface area contributed by atoms with Gasteiger partial charge in [-0.1, -0.05) is 11.2 Å². The van der Waals surface area contributed by atoms with Gasteiger partial charge in [0.25, 0.3) is 0 Å². The second kappa shape index (κ2) is 8.06. The molecule has 7 nitrogen and oxygen atoms in total. The smallest absolute Gasteiger partial charge is 0.227 e. The van der Waals surface area contributed by atoms with Crippen molar-refractivity contribution in [2.45, 2.75) is 69.7 Å². The van der Waals surface area contributed by atoms with Crippen LogP contribution in [0.25, 0.3) is 0 Å². The number of aryl methyl sites for hydroxylation is 1. The number of nitrogens with one attached hydrogen (secondary N) is 2. The Morgan fingerprint density at radius 2 is 1.85 bits per heavy atom. The summed E-state index contributed by atoms with van der Waals surface area (Å²) in [5.74, 6) is -0.134. The van der Waals surface area contributed by atoms with Crippen LogP contribution in [-0.4, -0.2) is 25.6 Å². The molecule has 0 bridgehead atoms. The molecule has 1 atom stereocenters. The number of fused-ring (bicyclic) bond motifs is 1. The highest BCUT2D eigenvalue weighted by atomic mass is 32.2. The Kier molecular flexibility index (Phi) is 5.95. The van der Waals surface area contributed by atoms with Crippen molar-refractivity contribution in [2.24, 2.45) is 11.1 Å². The van der Waals surface area contributed by atoms with Gasteiger partial charge in [-0.05, 0) is 75.6 Å². The van der Waals surface area contributed by atoms with Gasteiger partial charge in [-0.25, -0.2) is 13.1 Å². The molecular formula is C19H27N3O4S. The number of benzene rings is 1. The van der Waals surface area contributed by atoms with E-state index < -0.39 is 15.3 Å². The van der Waals surface area contributed by atoms with Crippen molar-refractivity contribution < 1.29 is 13.2 Å². The molecule has 27 heavy (non-hydrogen) atoms. The monoisotopic (exact) mass is 393 g/mol. The summed E-state index contributed by atoms with van der Waals surface area (Å²) < 4.78 is 26.7. The first-order valence-electron chi connectivity index (χ1n) is 9.57. The van der Waals surface area contributed by atoms with Gasteiger partial charge >= 0.3 is 0 Å². The van der Waals surface area contributed by atoms with Crippen LogP contribution < -0.4 is 10.0 Å². The van der Waals surface area contributed by atoms with E-state index in [1.807, 2.05) is 18.2 Å². The van der Waals surface area contributed by atoms with E-state index >= 15 is 0 Å². The molecule has 0 aliphatic heterocycles. The molecule has 0 spiro atoms. The van der Waals surface area contributed by atoms with E-state index in [9.17, 15) is 18.1 Å². The normalized spacial score (nSPS) is 25.2. The first-order chi connectivity index (χ1) is 12.8. The van der Waals surface area contributed by atoms with Crippen molar-refractivity contribution in [3.63, 3.8) is 0 Å². The summed E-state index contributed by atoms with van der Waals surface area (Å²) in [6.07, 6.45) is 4.20. The number of nitroso groups, excluding NO2 is 1. The van der Waals surface area contributed by atoms with Gasteiger partial charge in [0.2, 0.25) is 15.9 Å². The minimum atomic E-state index is -3.28. The first kappa shape index (κ1) is 19.9. The summed E-state index contributed by atoms with van der Waals surface area (Å²) >= 11 is 0. The minimum Gasteiger partial charge on any atom is -0.326 e. The molecule has 0 saturated heterocycles. The molecule has 3 rings (SSSR count). The second-order valence-corrected chi connectivity index (χ2v) is 10.1. The van der Waals surface area contributed by atoms with E-state index in [-0.39, 0.29) is 23.9 Å². The molecule has 1 aromatic carbocycles. The second-order valence-electron chi connectivity index (χ2n) is 7.82. The third-order valence-electron chi connectivity index (χ3n) is 5.63. The lowest BCUT2D eigenvalue weighted by molar-refractivity contribution is -0.120. The molecule has 1 aromatic rings. The average molecular weight is 394 g/mol. The zero-order valence-electron chi connectivity index (χ0n) is 15.8. The highest BCUT2D eigenvalue weighted by molar-refractivity contribution is 7.90. The summed E-state index contributed by atoms with van der Waals surface area (Å²) in [6.45, 7) is 3.32. The molecular weight excluding hydrogens is 366 g/mol. The summed E-state index contributed by atoms with van der Waals surface area (Å²) in [5.41, 5.74) is 2.78. The van der Waals surface area contributed by atoms with Gasteiger partial charge in [0.05, 0.1) is 5.25 Å². The Hall–Kier alpha value is -1.80. The zero-order chi connectivity index (χ0) is 19.6.